The highest BCUT2D eigenvalue weighted by molar-refractivity contribution is 7.99. The fourth-order valence-electron chi connectivity index (χ4n) is 2.05. The Bertz CT molecular complexity index is 204. The van der Waals surface area contributed by atoms with Gasteiger partial charge in [-0.25, -0.2) is 4.79 Å². The summed E-state index contributed by atoms with van der Waals surface area (Å²) in [6, 6.07) is 0.141. The molecule has 1 unspecified atom stereocenters. The first-order valence-electron chi connectivity index (χ1n) is 5.50. The van der Waals surface area contributed by atoms with Crippen LogP contribution in [0.25, 0.3) is 0 Å². The topological polar surface area (TPSA) is 32.3 Å². The van der Waals surface area contributed by atoms with E-state index >= 15 is 0 Å². The number of hydrogen-bond donors (Lipinski definition) is 1. The van der Waals surface area contributed by atoms with Gasteiger partial charge in [0.1, 0.15) is 0 Å². The standard InChI is InChI=1S/C10H18N2OS/c13-10-11-5-3-6-12(10)8-9-4-1-2-7-14-9/h9H,1-8H2,(H,11,13). The van der Waals surface area contributed by atoms with Crippen molar-refractivity contribution in [2.45, 2.75) is 30.9 Å². The molecule has 2 aliphatic rings. The van der Waals surface area contributed by atoms with Crippen LogP contribution in [0.2, 0.25) is 0 Å². The van der Waals surface area contributed by atoms with Crippen LogP contribution in [0.1, 0.15) is 25.7 Å². The number of thioether (sulfide) groups is 1. The normalized spacial score (nSPS) is 28.7. The lowest BCUT2D eigenvalue weighted by atomic mass is 10.1. The average molecular weight is 214 g/mol. The van der Waals surface area contributed by atoms with Gasteiger partial charge in [0.05, 0.1) is 0 Å². The lowest BCUT2D eigenvalue weighted by molar-refractivity contribution is 0.185. The van der Waals surface area contributed by atoms with E-state index in [2.05, 4.69) is 5.32 Å². The third kappa shape index (κ3) is 2.56. The molecule has 2 aliphatic heterocycles. The minimum absolute atomic E-state index is 0.141. The number of carbonyl (C=O) groups excluding carboxylic acids is 1. The van der Waals surface area contributed by atoms with Crippen LogP contribution < -0.4 is 5.32 Å². The summed E-state index contributed by atoms with van der Waals surface area (Å²) in [5.74, 6) is 1.28. The van der Waals surface area contributed by atoms with Crippen LogP contribution in [0.15, 0.2) is 0 Å². The van der Waals surface area contributed by atoms with Gasteiger partial charge in [0.2, 0.25) is 0 Å². The maximum absolute atomic E-state index is 11.5. The average Bonchev–Trinajstić information content (AvgIpc) is 2.23. The van der Waals surface area contributed by atoms with Crippen molar-refractivity contribution < 1.29 is 4.79 Å². The molecule has 2 heterocycles. The van der Waals surface area contributed by atoms with E-state index in [1.54, 1.807) is 0 Å². The largest absolute Gasteiger partial charge is 0.338 e. The molecule has 2 rings (SSSR count). The van der Waals surface area contributed by atoms with E-state index in [4.69, 9.17) is 0 Å². The molecular formula is C10H18N2OS. The van der Waals surface area contributed by atoms with Crippen LogP contribution in [0.4, 0.5) is 4.79 Å². The molecular weight excluding hydrogens is 196 g/mol. The minimum atomic E-state index is 0.141. The lowest BCUT2D eigenvalue weighted by Crippen LogP contribution is -2.48. The van der Waals surface area contributed by atoms with Gasteiger partial charge in [-0.05, 0) is 25.0 Å². The monoisotopic (exact) mass is 214 g/mol. The molecule has 1 atom stereocenters. The first-order chi connectivity index (χ1) is 6.86. The highest BCUT2D eigenvalue weighted by Crippen LogP contribution is 2.25. The first kappa shape index (κ1) is 10.1. The van der Waals surface area contributed by atoms with Crippen molar-refractivity contribution in [2.24, 2.45) is 0 Å². The van der Waals surface area contributed by atoms with Crippen molar-refractivity contribution >= 4 is 17.8 Å². The Morgan fingerprint density at radius 3 is 3.07 bits per heavy atom. The van der Waals surface area contributed by atoms with Crippen molar-refractivity contribution in [2.75, 3.05) is 25.4 Å². The molecule has 1 N–H and O–H groups in total. The molecule has 3 nitrogen and oxygen atoms in total. The molecule has 2 amide bonds. The number of carbonyl (C=O) groups is 1. The number of nitrogens with zero attached hydrogens (tertiary/aromatic N) is 1. The van der Waals surface area contributed by atoms with Crippen LogP contribution in [-0.4, -0.2) is 41.6 Å². The maximum atomic E-state index is 11.5. The van der Waals surface area contributed by atoms with Crippen molar-refractivity contribution in [3.8, 4) is 0 Å². The number of nitrogens with one attached hydrogen (secondary N) is 1. The van der Waals surface area contributed by atoms with Gasteiger partial charge in [-0.2, -0.15) is 11.8 Å². The summed E-state index contributed by atoms with van der Waals surface area (Å²) >= 11 is 2.04. The molecule has 0 aliphatic carbocycles. The fraction of sp³-hybridized carbons (Fsp3) is 0.900. The van der Waals surface area contributed by atoms with Crippen molar-refractivity contribution in [3.63, 3.8) is 0 Å². The fourth-order valence-corrected chi connectivity index (χ4v) is 3.37. The summed E-state index contributed by atoms with van der Waals surface area (Å²) in [7, 11) is 0. The van der Waals surface area contributed by atoms with Gasteiger partial charge in [0.25, 0.3) is 0 Å². The van der Waals surface area contributed by atoms with E-state index in [1.807, 2.05) is 16.7 Å². The van der Waals surface area contributed by atoms with E-state index in [0.717, 1.165) is 26.1 Å². The van der Waals surface area contributed by atoms with E-state index in [1.165, 1.54) is 25.0 Å². The Morgan fingerprint density at radius 2 is 2.36 bits per heavy atom. The van der Waals surface area contributed by atoms with E-state index in [9.17, 15) is 4.79 Å². The predicted octanol–water partition coefficient (Wildman–Crippen LogP) is 1.69. The van der Waals surface area contributed by atoms with Gasteiger partial charge < -0.3 is 10.2 Å². The molecule has 0 radical (unpaired) electrons. The second-order valence-corrected chi connectivity index (χ2v) is 5.43. The summed E-state index contributed by atoms with van der Waals surface area (Å²) < 4.78 is 0. The molecule has 4 heteroatoms. The molecule has 0 bridgehead atoms. The smallest absolute Gasteiger partial charge is 0.317 e. The summed E-state index contributed by atoms with van der Waals surface area (Å²) in [5.41, 5.74) is 0. The van der Waals surface area contributed by atoms with Crippen LogP contribution >= 0.6 is 11.8 Å². The van der Waals surface area contributed by atoms with Gasteiger partial charge >= 0.3 is 6.03 Å². The molecule has 0 aromatic rings. The Labute approximate surface area is 89.6 Å². The van der Waals surface area contributed by atoms with E-state index in [-0.39, 0.29) is 6.03 Å². The molecule has 0 spiro atoms. The van der Waals surface area contributed by atoms with E-state index < -0.39 is 0 Å². The molecule has 0 aromatic carbocycles. The van der Waals surface area contributed by atoms with Gasteiger partial charge in [-0.3, -0.25) is 0 Å². The van der Waals surface area contributed by atoms with Crippen molar-refractivity contribution in [1.29, 1.82) is 0 Å². The second-order valence-electron chi connectivity index (χ2n) is 4.02. The molecule has 2 saturated heterocycles. The maximum Gasteiger partial charge on any atom is 0.317 e. The number of hydrogen-bond acceptors (Lipinski definition) is 2. The molecule has 14 heavy (non-hydrogen) atoms. The zero-order chi connectivity index (χ0) is 9.80. The summed E-state index contributed by atoms with van der Waals surface area (Å²) in [6.45, 7) is 2.76. The van der Waals surface area contributed by atoms with Crippen LogP contribution in [-0.2, 0) is 0 Å². The second kappa shape index (κ2) is 4.91. The predicted molar refractivity (Wildman–Crippen MR) is 59.7 cm³/mol. The van der Waals surface area contributed by atoms with Crippen molar-refractivity contribution in [3.05, 3.63) is 0 Å². The number of amides is 2. The lowest BCUT2D eigenvalue weighted by Gasteiger charge is -2.32. The van der Waals surface area contributed by atoms with Crippen LogP contribution in [0, 0.1) is 0 Å². The van der Waals surface area contributed by atoms with Crippen LogP contribution in [0.3, 0.4) is 0 Å². The number of urea groups is 1. The molecule has 0 saturated carbocycles. The minimum Gasteiger partial charge on any atom is -0.338 e. The summed E-state index contributed by atoms with van der Waals surface area (Å²) in [6.07, 6.45) is 5.08. The van der Waals surface area contributed by atoms with Gasteiger partial charge in [0, 0.05) is 24.9 Å². The quantitative estimate of drug-likeness (QED) is 0.758. The highest BCUT2D eigenvalue weighted by Gasteiger charge is 2.22. The van der Waals surface area contributed by atoms with Crippen LogP contribution in [0.5, 0.6) is 0 Å². The van der Waals surface area contributed by atoms with Gasteiger partial charge in [-0.1, -0.05) is 6.42 Å². The SMILES string of the molecule is O=C1NCCCN1CC1CCCCS1. The summed E-state index contributed by atoms with van der Waals surface area (Å²) in [4.78, 5) is 13.5. The zero-order valence-electron chi connectivity index (χ0n) is 8.50. The van der Waals surface area contributed by atoms with Crippen molar-refractivity contribution in [1.82, 2.24) is 10.2 Å². The highest BCUT2D eigenvalue weighted by atomic mass is 32.2. The van der Waals surface area contributed by atoms with Gasteiger partial charge in [-0.15, -0.1) is 0 Å². The molecule has 0 aromatic heterocycles. The zero-order valence-corrected chi connectivity index (χ0v) is 9.31. The Morgan fingerprint density at radius 1 is 1.43 bits per heavy atom. The Balaban J connectivity index is 1.79. The number of rotatable bonds is 2. The third-order valence-corrected chi connectivity index (χ3v) is 4.25. The van der Waals surface area contributed by atoms with Gasteiger partial charge in [0.15, 0.2) is 0 Å². The summed E-state index contributed by atoms with van der Waals surface area (Å²) in [5, 5.41) is 3.59. The first-order valence-corrected chi connectivity index (χ1v) is 6.55. The molecule has 2 fully saturated rings. The Hall–Kier alpha value is -0.380. The third-order valence-electron chi connectivity index (χ3n) is 2.87. The Kier molecular flexibility index (Phi) is 3.56. The van der Waals surface area contributed by atoms with E-state index in [0.29, 0.717) is 5.25 Å². The molecule has 80 valence electrons.